The molecule has 25 heavy (non-hydrogen) atoms. The Labute approximate surface area is 148 Å². The topological polar surface area (TPSA) is 105 Å². The van der Waals surface area contributed by atoms with Crippen LogP contribution in [0.2, 0.25) is 0 Å². The van der Waals surface area contributed by atoms with Gasteiger partial charge in [0.05, 0.1) is 0 Å². The average Bonchev–Trinajstić information content (AvgIpc) is 2.48. The Kier molecular flexibility index (Phi) is 5.74. The summed E-state index contributed by atoms with van der Waals surface area (Å²) in [5.41, 5.74) is 1.49. The molecule has 1 aromatic rings. The number of rotatable bonds is 5. The number of carbonyl (C=O) groups is 1. The third-order valence-electron chi connectivity index (χ3n) is 3.59. The molecular formula is C17H24N2O5S. The summed E-state index contributed by atoms with van der Waals surface area (Å²) in [4.78, 5) is 11.6. The molecule has 138 valence electrons. The minimum Gasteiger partial charge on any atom is -0.444 e. The van der Waals surface area contributed by atoms with Crippen molar-refractivity contribution in [1.29, 1.82) is 0 Å². The zero-order valence-corrected chi connectivity index (χ0v) is 15.4. The van der Waals surface area contributed by atoms with Crippen molar-refractivity contribution in [1.82, 2.24) is 5.32 Å². The molecule has 0 aliphatic heterocycles. The molecule has 1 unspecified atom stereocenters. The summed E-state index contributed by atoms with van der Waals surface area (Å²) in [5.74, 6) is 0. The Bertz CT molecular complexity index is 766. The molecule has 8 heteroatoms. The molecule has 2 rings (SSSR count). The molecule has 1 aromatic carbocycles. The zero-order valence-electron chi connectivity index (χ0n) is 14.6. The maximum Gasteiger partial charge on any atom is 0.407 e. The molecule has 1 atom stereocenters. The number of ether oxygens (including phenoxy) is 1. The summed E-state index contributed by atoms with van der Waals surface area (Å²) < 4.78 is 37.7. The van der Waals surface area contributed by atoms with Gasteiger partial charge in [0.1, 0.15) is 10.9 Å². The number of alkyl carbamates (subject to hydrolysis) is 1. The molecule has 0 spiro atoms. The Hall–Kier alpha value is -2.06. The molecule has 1 amide bonds. The number of allylic oxidation sites excluding steroid dienone is 1. The van der Waals surface area contributed by atoms with Crippen molar-refractivity contribution in [3.8, 4) is 0 Å². The maximum atomic E-state index is 11.6. The van der Waals surface area contributed by atoms with Gasteiger partial charge in [-0.05, 0) is 38.8 Å². The first-order chi connectivity index (χ1) is 11.6. The van der Waals surface area contributed by atoms with Crippen molar-refractivity contribution in [2.75, 3.05) is 18.4 Å². The minimum atomic E-state index is -4.16. The number of hydrogen-bond donors (Lipinski definition) is 3. The number of anilines is 1. The second-order valence-electron chi connectivity index (χ2n) is 6.81. The van der Waals surface area contributed by atoms with Gasteiger partial charge in [-0.25, -0.2) is 4.79 Å². The van der Waals surface area contributed by atoms with Crippen LogP contribution < -0.4 is 10.6 Å². The third kappa shape index (κ3) is 5.47. The number of fused-ring (bicyclic) bond motifs is 1. The predicted octanol–water partition coefficient (Wildman–Crippen LogP) is 2.97. The highest BCUT2D eigenvalue weighted by Crippen LogP contribution is 2.36. The van der Waals surface area contributed by atoms with E-state index in [4.69, 9.17) is 4.74 Å². The van der Waals surface area contributed by atoms with Crippen LogP contribution in [0.1, 0.15) is 43.6 Å². The van der Waals surface area contributed by atoms with Gasteiger partial charge in [-0.1, -0.05) is 24.3 Å². The monoisotopic (exact) mass is 368 g/mol. The van der Waals surface area contributed by atoms with E-state index in [0.717, 1.165) is 11.3 Å². The molecule has 0 saturated carbocycles. The van der Waals surface area contributed by atoms with Crippen LogP contribution in [0.3, 0.4) is 0 Å². The molecule has 1 aliphatic carbocycles. The first-order valence-corrected chi connectivity index (χ1v) is 9.55. The Morgan fingerprint density at radius 2 is 2.04 bits per heavy atom. The number of benzene rings is 1. The lowest BCUT2D eigenvalue weighted by atomic mass is 9.95. The van der Waals surface area contributed by atoms with Gasteiger partial charge in [-0.15, -0.1) is 0 Å². The Morgan fingerprint density at radius 1 is 1.32 bits per heavy atom. The second-order valence-corrected chi connectivity index (χ2v) is 8.40. The fourth-order valence-electron chi connectivity index (χ4n) is 2.60. The van der Waals surface area contributed by atoms with Gasteiger partial charge in [0.25, 0.3) is 10.1 Å². The summed E-state index contributed by atoms with van der Waals surface area (Å²) in [6, 6.07) is 5.25. The lowest BCUT2D eigenvalue weighted by molar-refractivity contribution is 0.0530. The minimum absolute atomic E-state index is 0.246. The lowest BCUT2D eigenvalue weighted by Gasteiger charge is -2.22. The van der Waals surface area contributed by atoms with Crippen LogP contribution in [-0.2, 0) is 14.9 Å². The van der Waals surface area contributed by atoms with Crippen molar-refractivity contribution in [2.45, 2.75) is 38.0 Å². The van der Waals surface area contributed by atoms with E-state index < -0.39 is 27.1 Å². The van der Waals surface area contributed by atoms with Crippen LogP contribution in [0, 0.1) is 0 Å². The van der Waals surface area contributed by atoms with Gasteiger partial charge >= 0.3 is 6.09 Å². The van der Waals surface area contributed by atoms with E-state index in [9.17, 15) is 17.8 Å². The van der Waals surface area contributed by atoms with Crippen LogP contribution in [-0.4, -0.2) is 37.8 Å². The molecule has 0 bridgehead atoms. The second kappa shape index (κ2) is 7.45. The van der Waals surface area contributed by atoms with Crippen molar-refractivity contribution in [3.05, 3.63) is 35.4 Å². The largest absolute Gasteiger partial charge is 0.444 e. The molecule has 3 N–H and O–H groups in total. The molecule has 0 heterocycles. The standard InChI is InChI=1S/C17H24N2O5S/c1-17(2,3)24-16(20)19-11-10-18-14-8-4-7-13-12(14)6-5-9-15(13)25(21,22)23/h4-8,15,18H,9-11H2,1-3H3,(H,19,20)(H,21,22,23). The van der Waals surface area contributed by atoms with Crippen LogP contribution in [0.4, 0.5) is 10.5 Å². The van der Waals surface area contributed by atoms with E-state index in [1.165, 1.54) is 0 Å². The van der Waals surface area contributed by atoms with Crippen molar-refractivity contribution in [3.63, 3.8) is 0 Å². The molecule has 0 aromatic heterocycles. The summed E-state index contributed by atoms with van der Waals surface area (Å²) in [6.07, 6.45) is 3.32. The van der Waals surface area contributed by atoms with Crippen molar-refractivity contribution in [2.24, 2.45) is 0 Å². The van der Waals surface area contributed by atoms with E-state index in [1.54, 1.807) is 39.0 Å². The van der Waals surface area contributed by atoms with Crippen LogP contribution in [0.25, 0.3) is 6.08 Å². The number of hydrogen-bond acceptors (Lipinski definition) is 5. The number of carbonyl (C=O) groups excluding carboxylic acids is 1. The van der Waals surface area contributed by atoms with Crippen LogP contribution >= 0.6 is 0 Å². The smallest absolute Gasteiger partial charge is 0.407 e. The fraction of sp³-hybridized carbons (Fsp3) is 0.471. The average molecular weight is 368 g/mol. The number of amides is 1. The van der Waals surface area contributed by atoms with Crippen molar-refractivity contribution >= 4 is 28.0 Å². The van der Waals surface area contributed by atoms with Crippen LogP contribution in [0.5, 0.6) is 0 Å². The van der Waals surface area contributed by atoms with Gasteiger partial charge < -0.3 is 15.4 Å². The van der Waals surface area contributed by atoms with E-state index in [2.05, 4.69) is 10.6 Å². The summed E-state index contributed by atoms with van der Waals surface area (Å²) >= 11 is 0. The van der Waals surface area contributed by atoms with E-state index in [-0.39, 0.29) is 6.42 Å². The zero-order chi connectivity index (χ0) is 18.7. The molecule has 1 aliphatic rings. The van der Waals surface area contributed by atoms with Gasteiger partial charge in [0, 0.05) is 24.3 Å². The van der Waals surface area contributed by atoms with Gasteiger partial charge in [-0.2, -0.15) is 8.42 Å². The number of nitrogens with one attached hydrogen (secondary N) is 2. The third-order valence-corrected chi connectivity index (χ3v) is 4.76. The SMILES string of the molecule is CC(C)(C)OC(=O)NCCNc1cccc2c1C=CCC2S(=O)(=O)O. The predicted molar refractivity (Wildman–Crippen MR) is 97.1 cm³/mol. The maximum absolute atomic E-state index is 11.6. The van der Waals surface area contributed by atoms with E-state index in [0.29, 0.717) is 18.7 Å². The molecular weight excluding hydrogens is 344 g/mol. The molecule has 0 saturated heterocycles. The van der Waals surface area contributed by atoms with Crippen LogP contribution in [0.15, 0.2) is 24.3 Å². The fourth-order valence-corrected chi connectivity index (χ4v) is 3.48. The lowest BCUT2D eigenvalue weighted by Crippen LogP contribution is -2.35. The quantitative estimate of drug-likeness (QED) is 0.545. The summed E-state index contributed by atoms with van der Waals surface area (Å²) in [6.45, 7) is 6.17. The first-order valence-electron chi connectivity index (χ1n) is 8.04. The highest BCUT2D eigenvalue weighted by Gasteiger charge is 2.28. The van der Waals surface area contributed by atoms with E-state index >= 15 is 0 Å². The van der Waals surface area contributed by atoms with Gasteiger partial charge in [-0.3, -0.25) is 4.55 Å². The summed E-state index contributed by atoms with van der Waals surface area (Å²) in [5, 5.41) is 4.86. The molecule has 0 fully saturated rings. The van der Waals surface area contributed by atoms with Gasteiger partial charge in [0.2, 0.25) is 0 Å². The highest BCUT2D eigenvalue weighted by atomic mass is 32.2. The van der Waals surface area contributed by atoms with Gasteiger partial charge in [0.15, 0.2) is 0 Å². The van der Waals surface area contributed by atoms with Crippen molar-refractivity contribution < 1.29 is 22.5 Å². The molecule has 0 radical (unpaired) electrons. The van der Waals surface area contributed by atoms with E-state index in [1.807, 2.05) is 12.1 Å². The first kappa shape index (κ1) is 19.3. The normalized spacial score (nSPS) is 16.9. The Morgan fingerprint density at radius 3 is 2.68 bits per heavy atom. The Balaban J connectivity index is 1.99. The molecule has 7 nitrogen and oxygen atoms in total. The highest BCUT2D eigenvalue weighted by molar-refractivity contribution is 7.86. The summed E-state index contributed by atoms with van der Waals surface area (Å²) in [7, 11) is -4.16.